The Hall–Kier alpha value is -2.46. The molecule has 1 N–H and O–H groups in total. The van der Waals surface area contributed by atoms with E-state index >= 15 is 0 Å². The molecule has 0 radical (unpaired) electrons. The van der Waals surface area contributed by atoms with Crippen LogP contribution in [0.5, 0.6) is 0 Å². The van der Waals surface area contributed by atoms with Crippen LogP contribution in [-0.2, 0) is 10.4 Å². The average molecular weight is 365 g/mol. The van der Waals surface area contributed by atoms with Crippen LogP contribution in [0.25, 0.3) is 0 Å². The van der Waals surface area contributed by atoms with Crippen LogP contribution in [-0.4, -0.2) is 22.8 Å². The summed E-state index contributed by atoms with van der Waals surface area (Å²) in [5, 5.41) is 11.3. The summed E-state index contributed by atoms with van der Waals surface area (Å²) in [5.74, 6) is -0.346. The molecule has 0 spiro atoms. The van der Waals surface area contributed by atoms with E-state index in [4.69, 9.17) is 0 Å². The smallest absolute Gasteiger partial charge is 0.264 e. The number of Topliss-reactive ketones (excluding diaryl/α,β-unsaturated/α-hetero) is 1. The summed E-state index contributed by atoms with van der Waals surface area (Å²) in [6.45, 7) is 9.83. The number of carbonyl (C=O) groups is 2. The highest BCUT2D eigenvalue weighted by atomic mass is 16.3. The van der Waals surface area contributed by atoms with Crippen LogP contribution in [0.2, 0.25) is 0 Å². The van der Waals surface area contributed by atoms with E-state index in [2.05, 4.69) is 13.8 Å². The Morgan fingerprint density at radius 1 is 1.11 bits per heavy atom. The fraction of sp³-hybridized carbons (Fsp3) is 0.391. The van der Waals surface area contributed by atoms with Crippen LogP contribution in [0.1, 0.15) is 67.1 Å². The van der Waals surface area contributed by atoms with Crippen LogP contribution in [0.4, 0.5) is 5.69 Å². The SMILES string of the molecule is Cc1ccc(C(C)C)cc1C(=O)C[C@]1(O)C(=O)N(C(C)C)c2ccccc21. The Kier molecular flexibility index (Phi) is 4.96. The number of aliphatic hydroxyl groups is 1. The molecule has 0 unspecified atom stereocenters. The van der Waals surface area contributed by atoms with Gasteiger partial charge in [0.25, 0.3) is 5.91 Å². The van der Waals surface area contributed by atoms with E-state index in [9.17, 15) is 14.7 Å². The number of para-hydroxylation sites is 1. The van der Waals surface area contributed by atoms with Crippen molar-refractivity contribution >= 4 is 17.4 Å². The maximum absolute atomic E-state index is 13.1. The number of benzene rings is 2. The molecule has 142 valence electrons. The molecule has 0 aromatic heterocycles. The predicted molar refractivity (Wildman–Crippen MR) is 107 cm³/mol. The molecule has 0 bridgehead atoms. The first-order valence-electron chi connectivity index (χ1n) is 9.46. The number of fused-ring (bicyclic) bond motifs is 1. The molecule has 3 rings (SSSR count). The van der Waals surface area contributed by atoms with Gasteiger partial charge in [-0.15, -0.1) is 0 Å². The topological polar surface area (TPSA) is 57.6 Å². The predicted octanol–water partition coefficient (Wildman–Crippen LogP) is 4.33. The minimum absolute atomic E-state index is 0.103. The first-order valence-corrected chi connectivity index (χ1v) is 9.46. The van der Waals surface area contributed by atoms with Gasteiger partial charge in [0.05, 0.1) is 12.1 Å². The van der Waals surface area contributed by atoms with Crippen molar-refractivity contribution in [3.63, 3.8) is 0 Å². The number of hydrogen-bond donors (Lipinski definition) is 1. The van der Waals surface area contributed by atoms with Gasteiger partial charge in [-0.2, -0.15) is 0 Å². The number of aryl methyl sites for hydroxylation is 1. The van der Waals surface area contributed by atoms with Gasteiger partial charge in [-0.3, -0.25) is 9.59 Å². The van der Waals surface area contributed by atoms with E-state index in [1.54, 1.807) is 17.0 Å². The third-order valence-electron chi connectivity index (χ3n) is 5.34. The zero-order valence-electron chi connectivity index (χ0n) is 16.6. The van der Waals surface area contributed by atoms with Crippen LogP contribution in [0, 0.1) is 6.92 Å². The second kappa shape index (κ2) is 6.93. The van der Waals surface area contributed by atoms with Gasteiger partial charge in [0.2, 0.25) is 0 Å². The fourth-order valence-corrected chi connectivity index (χ4v) is 3.77. The van der Waals surface area contributed by atoms with Gasteiger partial charge in [-0.05, 0) is 49.9 Å². The normalized spacial score (nSPS) is 19.1. The number of ketones is 1. The molecular formula is C23H27NO3. The highest BCUT2D eigenvalue weighted by Gasteiger charge is 2.51. The summed E-state index contributed by atoms with van der Waals surface area (Å²) in [6.07, 6.45) is -0.256. The van der Waals surface area contributed by atoms with Gasteiger partial charge in [0.15, 0.2) is 11.4 Å². The van der Waals surface area contributed by atoms with Crippen molar-refractivity contribution in [3.8, 4) is 0 Å². The molecule has 1 aliphatic rings. The number of carbonyl (C=O) groups excluding carboxylic acids is 2. The molecule has 4 heteroatoms. The second-order valence-electron chi connectivity index (χ2n) is 7.98. The lowest BCUT2D eigenvalue weighted by Crippen LogP contribution is -2.44. The molecule has 2 aromatic carbocycles. The van der Waals surface area contributed by atoms with Gasteiger partial charge in [-0.25, -0.2) is 0 Å². The van der Waals surface area contributed by atoms with Crippen LogP contribution in [0.3, 0.4) is 0 Å². The molecule has 1 heterocycles. The zero-order chi connectivity index (χ0) is 19.9. The first-order chi connectivity index (χ1) is 12.7. The van der Waals surface area contributed by atoms with Crippen molar-refractivity contribution in [1.82, 2.24) is 0 Å². The molecule has 2 aromatic rings. The monoisotopic (exact) mass is 365 g/mol. The molecule has 0 saturated heterocycles. The molecule has 1 aliphatic heterocycles. The van der Waals surface area contributed by atoms with Crippen LogP contribution < -0.4 is 4.90 Å². The van der Waals surface area contributed by atoms with Crippen molar-refractivity contribution < 1.29 is 14.7 Å². The van der Waals surface area contributed by atoms with Crippen molar-refractivity contribution in [2.45, 2.75) is 58.6 Å². The molecule has 27 heavy (non-hydrogen) atoms. The Morgan fingerprint density at radius 2 is 1.78 bits per heavy atom. The highest BCUT2D eigenvalue weighted by molar-refractivity contribution is 6.11. The Balaban J connectivity index is 2.01. The van der Waals surface area contributed by atoms with Crippen LogP contribution in [0.15, 0.2) is 42.5 Å². The standard InChI is InChI=1S/C23H27NO3/c1-14(2)17-11-10-16(5)18(12-17)21(25)13-23(27)19-8-6-7-9-20(19)24(15(3)4)22(23)26/h6-12,14-15,27H,13H2,1-5H3/t23-/m1/s1. The van der Waals surface area contributed by atoms with Gasteiger partial charge < -0.3 is 10.0 Å². The number of anilines is 1. The van der Waals surface area contributed by atoms with Crippen LogP contribution >= 0.6 is 0 Å². The van der Waals surface area contributed by atoms with Gasteiger partial charge in [0, 0.05) is 17.2 Å². The molecule has 1 atom stereocenters. The number of rotatable bonds is 5. The molecule has 0 saturated carbocycles. The largest absolute Gasteiger partial charge is 0.375 e. The molecule has 0 fully saturated rings. The summed E-state index contributed by atoms with van der Waals surface area (Å²) < 4.78 is 0. The second-order valence-corrected chi connectivity index (χ2v) is 7.98. The lowest BCUT2D eigenvalue weighted by Gasteiger charge is -2.25. The van der Waals surface area contributed by atoms with Crippen molar-refractivity contribution in [2.75, 3.05) is 4.90 Å². The van der Waals surface area contributed by atoms with Crippen molar-refractivity contribution in [1.29, 1.82) is 0 Å². The Morgan fingerprint density at radius 3 is 2.41 bits per heavy atom. The Bertz CT molecular complexity index is 900. The van der Waals surface area contributed by atoms with E-state index in [1.165, 1.54) is 0 Å². The highest BCUT2D eigenvalue weighted by Crippen LogP contribution is 2.43. The maximum Gasteiger partial charge on any atom is 0.264 e. The van der Waals surface area contributed by atoms with Crippen molar-refractivity contribution in [3.05, 3.63) is 64.7 Å². The maximum atomic E-state index is 13.1. The number of amides is 1. The summed E-state index contributed by atoms with van der Waals surface area (Å²) in [6, 6.07) is 12.9. The lowest BCUT2D eigenvalue weighted by atomic mass is 9.86. The molecular weight excluding hydrogens is 338 g/mol. The molecule has 0 aliphatic carbocycles. The minimum atomic E-state index is -1.82. The molecule has 4 nitrogen and oxygen atoms in total. The first kappa shape index (κ1) is 19.3. The van der Waals surface area contributed by atoms with E-state index in [0.717, 1.165) is 11.1 Å². The number of nitrogens with zero attached hydrogens (tertiary/aromatic N) is 1. The summed E-state index contributed by atoms with van der Waals surface area (Å²) in [5.41, 5.74) is 1.86. The summed E-state index contributed by atoms with van der Waals surface area (Å²) in [7, 11) is 0. The average Bonchev–Trinajstić information content (AvgIpc) is 2.83. The van der Waals surface area contributed by atoms with E-state index in [1.807, 2.05) is 51.1 Å². The van der Waals surface area contributed by atoms with Gasteiger partial charge >= 0.3 is 0 Å². The van der Waals surface area contributed by atoms with Gasteiger partial charge in [0.1, 0.15) is 0 Å². The third kappa shape index (κ3) is 3.19. The molecule has 1 amide bonds. The minimum Gasteiger partial charge on any atom is -0.375 e. The van der Waals surface area contributed by atoms with E-state index in [-0.39, 0.29) is 18.2 Å². The number of hydrogen-bond acceptors (Lipinski definition) is 3. The lowest BCUT2D eigenvalue weighted by molar-refractivity contribution is -0.136. The summed E-state index contributed by atoms with van der Waals surface area (Å²) in [4.78, 5) is 27.8. The van der Waals surface area contributed by atoms with E-state index in [0.29, 0.717) is 22.7 Å². The zero-order valence-corrected chi connectivity index (χ0v) is 16.6. The van der Waals surface area contributed by atoms with Crippen molar-refractivity contribution in [2.24, 2.45) is 0 Å². The quantitative estimate of drug-likeness (QED) is 0.802. The fourth-order valence-electron chi connectivity index (χ4n) is 3.77. The van der Waals surface area contributed by atoms with E-state index < -0.39 is 11.5 Å². The summed E-state index contributed by atoms with van der Waals surface area (Å²) >= 11 is 0. The third-order valence-corrected chi connectivity index (χ3v) is 5.34. The van der Waals surface area contributed by atoms with Gasteiger partial charge in [-0.1, -0.05) is 44.2 Å². The Labute approximate surface area is 160 Å².